The highest BCUT2D eigenvalue weighted by Gasteiger charge is 2.33. The molecule has 0 bridgehead atoms. The second-order valence-corrected chi connectivity index (χ2v) is 5.19. The summed E-state index contributed by atoms with van der Waals surface area (Å²) in [5, 5.41) is 5.70. The lowest BCUT2D eigenvalue weighted by Gasteiger charge is -2.24. The van der Waals surface area contributed by atoms with Gasteiger partial charge in [-0.05, 0) is 56.5 Å². The molecule has 0 radical (unpaired) electrons. The topological polar surface area (TPSA) is 50.4 Å². The highest BCUT2D eigenvalue weighted by molar-refractivity contribution is 5.97. The van der Waals surface area contributed by atoms with Crippen molar-refractivity contribution >= 4 is 5.91 Å². The van der Waals surface area contributed by atoms with E-state index in [2.05, 4.69) is 15.4 Å². The number of benzene rings is 1. The van der Waals surface area contributed by atoms with Crippen LogP contribution in [0.5, 0.6) is 5.75 Å². The maximum Gasteiger partial charge on any atom is 0.573 e. The number of ether oxygens (including phenoxy) is 1. The van der Waals surface area contributed by atoms with E-state index in [1.807, 2.05) is 0 Å². The quantitative estimate of drug-likeness (QED) is 0.898. The molecule has 1 amide bonds. The van der Waals surface area contributed by atoms with Crippen molar-refractivity contribution in [1.82, 2.24) is 10.6 Å². The number of nitrogens with one attached hydrogen (secondary N) is 2. The Morgan fingerprint density at radius 1 is 1.36 bits per heavy atom. The van der Waals surface area contributed by atoms with Crippen LogP contribution in [-0.4, -0.2) is 31.9 Å². The molecule has 0 saturated carbocycles. The summed E-state index contributed by atoms with van der Waals surface area (Å²) >= 11 is 0. The van der Waals surface area contributed by atoms with Gasteiger partial charge in [-0.1, -0.05) is 6.07 Å². The monoisotopic (exact) mass is 316 g/mol. The number of amides is 1. The molecule has 0 unspecified atom stereocenters. The summed E-state index contributed by atoms with van der Waals surface area (Å²) in [6.07, 6.45) is -3.12. The van der Waals surface area contributed by atoms with Crippen molar-refractivity contribution in [2.24, 2.45) is 0 Å². The highest BCUT2D eigenvalue weighted by atomic mass is 19.4. The van der Waals surface area contributed by atoms with Gasteiger partial charge in [0.05, 0.1) is 5.56 Å². The van der Waals surface area contributed by atoms with Crippen LogP contribution in [-0.2, 0) is 0 Å². The molecule has 4 nitrogen and oxygen atoms in total. The Bertz CT molecular complexity index is 526. The number of piperidine rings is 1. The van der Waals surface area contributed by atoms with E-state index >= 15 is 0 Å². The van der Waals surface area contributed by atoms with Crippen LogP contribution in [0.4, 0.5) is 13.2 Å². The Labute approximate surface area is 127 Å². The van der Waals surface area contributed by atoms with Crippen LogP contribution in [0.25, 0.3) is 0 Å². The summed E-state index contributed by atoms with van der Waals surface area (Å²) in [6.45, 7) is 3.70. The van der Waals surface area contributed by atoms with E-state index in [4.69, 9.17) is 0 Å². The highest BCUT2D eigenvalue weighted by Crippen LogP contribution is 2.32. The molecule has 0 aliphatic carbocycles. The van der Waals surface area contributed by atoms with Crippen LogP contribution in [0.15, 0.2) is 18.2 Å². The van der Waals surface area contributed by atoms with Crippen LogP contribution in [0.2, 0.25) is 0 Å². The first-order chi connectivity index (χ1) is 10.4. The molecule has 1 saturated heterocycles. The van der Waals surface area contributed by atoms with Gasteiger partial charge >= 0.3 is 6.36 Å². The number of hydrogen-bond acceptors (Lipinski definition) is 3. The molecule has 1 aromatic rings. The molecule has 7 heteroatoms. The summed E-state index contributed by atoms with van der Waals surface area (Å²) < 4.78 is 41.8. The van der Waals surface area contributed by atoms with E-state index in [1.165, 1.54) is 12.1 Å². The lowest BCUT2D eigenvalue weighted by Crippen LogP contribution is -2.27. The van der Waals surface area contributed by atoms with Gasteiger partial charge in [0, 0.05) is 6.54 Å². The van der Waals surface area contributed by atoms with Gasteiger partial charge in [0.15, 0.2) is 0 Å². The average Bonchev–Trinajstić information content (AvgIpc) is 2.46. The molecule has 0 atom stereocenters. The molecule has 1 fully saturated rings. The molecule has 2 N–H and O–H groups in total. The number of hydrogen-bond donors (Lipinski definition) is 2. The van der Waals surface area contributed by atoms with E-state index in [9.17, 15) is 18.0 Å². The van der Waals surface area contributed by atoms with Crippen molar-refractivity contribution in [1.29, 1.82) is 0 Å². The van der Waals surface area contributed by atoms with E-state index in [-0.39, 0.29) is 11.5 Å². The maximum atomic E-state index is 12.6. The predicted octanol–water partition coefficient (Wildman–Crippen LogP) is 2.80. The van der Waals surface area contributed by atoms with Gasteiger partial charge < -0.3 is 15.4 Å². The van der Waals surface area contributed by atoms with Gasteiger partial charge in [0.1, 0.15) is 5.75 Å². The van der Waals surface area contributed by atoms with E-state index in [0.717, 1.165) is 31.5 Å². The lowest BCUT2D eigenvalue weighted by atomic mass is 9.89. The third-order valence-electron chi connectivity index (χ3n) is 3.62. The van der Waals surface area contributed by atoms with Crippen LogP contribution in [0.1, 0.15) is 41.6 Å². The standard InChI is InChI=1S/C15H19F3N2O2/c1-2-20-14(21)12-4-3-11(10-5-7-19-8-6-10)9-13(12)22-15(16,17)18/h3-4,9-10,19H,2,5-8H2,1H3,(H,20,21). The van der Waals surface area contributed by atoms with Crippen molar-refractivity contribution in [2.45, 2.75) is 32.0 Å². The summed E-state index contributed by atoms with van der Waals surface area (Å²) in [4.78, 5) is 11.9. The third-order valence-corrected chi connectivity index (χ3v) is 3.62. The zero-order chi connectivity index (χ0) is 16.2. The van der Waals surface area contributed by atoms with Gasteiger partial charge in [0.2, 0.25) is 0 Å². The van der Waals surface area contributed by atoms with Crippen LogP contribution in [0.3, 0.4) is 0 Å². The molecule has 0 aromatic heterocycles. The van der Waals surface area contributed by atoms with Gasteiger partial charge in [-0.25, -0.2) is 0 Å². The van der Waals surface area contributed by atoms with Crippen molar-refractivity contribution in [2.75, 3.05) is 19.6 Å². The SMILES string of the molecule is CCNC(=O)c1ccc(C2CCNCC2)cc1OC(F)(F)F. The molecule has 1 aliphatic rings. The number of carbonyl (C=O) groups excluding carboxylic acids is 1. The third kappa shape index (κ3) is 4.37. The minimum atomic E-state index is -4.83. The maximum absolute atomic E-state index is 12.6. The summed E-state index contributed by atoms with van der Waals surface area (Å²) in [6, 6.07) is 4.46. The fourth-order valence-corrected chi connectivity index (χ4v) is 2.60. The summed E-state index contributed by atoms with van der Waals surface area (Å²) in [7, 11) is 0. The van der Waals surface area contributed by atoms with E-state index < -0.39 is 18.0 Å². The number of carbonyl (C=O) groups is 1. The van der Waals surface area contributed by atoms with Gasteiger partial charge in [0.25, 0.3) is 5.91 Å². The Morgan fingerprint density at radius 3 is 2.64 bits per heavy atom. The smallest absolute Gasteiger partial charge is 0.405 e. The molecule has 2 rings (SSSR count). The van der Waals surface area contributed by atoms with Crippen LogP contribution in [0, 0.1) is 0 Å². The molecule has 1 heterocycles. The zero-order valence-electron chi connectivity index (χ0n) is 12.3. The van der Waals surface area contributed by atoms with Gasteiger partial charge in [-0.3, -0.25) is 4.79 Å². The molecule has 22 heavy (non-hydrogen) atoms. The number of halogens is 3. The molecular formula is C15H19F3N2O2. The number of rotatable bonds is 4. The van der Waals surface area contributed by atoms with Crippen molar-refractivity contribution in [3.05, 3.63) is 29.3 Å². The van der Waals surface area contributed by atoms with Crippen LogP contribution < -0.4 is 15.4 Å². The fraction of sp³-hybridized carbons (Fsp3) is 0.533. The second kappa shape index (κ2) is 7.00. The largest absolute Gasteiger partial charge is 0.573 e. The predicted molar refractivity (Wildman–Crippen MR) is 76.0 cm³/mol. The summed E-state index contributed by atoms with van der Waals surface area (Å²) in [5.41, 5.74) is 0.672. The molecule has 122 valence electrons. The molecule has 1 aromatic carbocycles. The lowest BCUT2D eigenvalue weighted by molar-refractivity contribution is -0.274. The van der Waals surface area contributed by atoms with Crippen molar-refractivity contribution in [3.8, 4) is 5.75 Å². The molecule has 1 aliphatic heterocycles. The van der Waals surface area contributed by atoms with E-state index in [0.29, 0.717) is 6.54 Å². The molecule has 0 spiro atoms. The van der Waals surface area contributed by atoms with Crippen LogP contribution >= 0.6 is 0 Å². The van der Waals surface area contributed by atoms with Gasteiger partial charge in [-0.2, -0.15) is 0 Å². The minimum Gasteiger partial charge on any atom is -0.405 e. The minimum absolute atomic E-state index is 0.100. The first-order valence-electron chi connectivity index (χ1n) is 7.29. The zero-order valence-corrected chi connectivity index (χ0v) is 12.3. The Hall–Kier alpha value is -1.76. The normalized spacial score (nSPS) is 16.4. The molecular weight excluding hydrogens is 297 g/mol. The Kier molecular flexibility index (Phi) is 5.28. The Morgan fingerprint density at radius 2 is 2.05 bits per heavy atom. The average molecular weight is 316 g/mol. The summed E-state index contributed by atoms with van der Waals surface area (Å²) in [5.74, 6) is -0.826. The first-order valence-corrected chi connectivity index (χ1v) is 7.29. The van der Waals surface area contributed by atoms with Gasteiger partial charge in [-0.15, -0.1) is 13.2 Å². The fourth-order valence-electron chi connectivity index (χ4n) is 2.60. The second-order valence-electron chi connectivity index (χ2n) is 5.19. The van der Waals surface area contributed by atoms with E-state index in [1.54, 1.807) is 13.0 Å². The first kappa shape index (κ1) is 16.6. The Balaban J connectivity index is 2.31. The van der Waals surface area contributed by atoms with Crippen molar-refractivity contribution < 1.29 is 22.7 Å². The number of alkyl halides is 3. The van der Waals surface area contributed by atoms with Crippen molar-refractivity contribution in [3.63, 3.8) is 0 Å².